The summed E-state index contributed by atoms with van der Waals surface area (Å²) in [6.45, 7) is 0. The van der Waals surface area contributed by atoms with E-state index in [2.05, 4.69) is 0 Å². The Morgan fingerprint density at radius 2 is 1.86 bits per heavy atom. The molecule has 0 spiro atoms. The van der Waals surface area contributed by atoms with E-state index in [9.17, 15) is 8.78 Å². The molecule has 0 atom stereocenters. The SMILES string of the molecule is FC(F)(Cl)CCSCc1ccccc1. The van der Waals surface area contributed by atoms with Crippen molar-refractivity contribution in [2.24, 2.45) is 0 Å². The highest BCUT2D eigenvalue weighted by Gasteiger charge is 2.23. The summed E-state index contributed by atoms with van der Waals surface area (Å²) in [6.07, 6.45) is -0.272. The van der Waals surface area contributed by atoms with Gasteiger partial charge >= 0.3 is 5.38 Å². The van der Waals surface area contributed by atoms with E-state index in [1.165, 1.54) is 11.8 Å². The maximum Gasteiger partial charge on any atom is 0.322 e. The Labute approximate surface area is 91.6 Å². The van der Waals surface area contributed by atoms with Crippen molar-refractivity contribution in [2.75, 3.05) is 5.75 Å². The zero-order chi connectivity index (χ0) is 10.4. The van der Waals surface area contributed by atoms with E-state index < -0.39 is 5.38 Å². The standard InChI is InChI=1S/C10H11ClF2S/c11-10(12,13)6-7-14-8-9-4-2-1-3-5-9/h1-5H,6-8H2. The molecule has 0 aliphatic heterocycles. The molecular formula is C10H11ClF2S. The Kier molecular flexibility index (Phi) is 4.69. The minimum atomic E-state index is -3.05. The first-order valence-corrected chi connectivity index (χ1v) is 5.79. The molecule has 1 aromatic carbocycles. The van der Waals surface area contributed by atoms with Crippen molar-refractivity contribution < 1.29 is 8.78 Å². The van der Waals surface area contributed by atoms with E-state index in [-0.39, 0.29) is 6.42 Å². The van der Waals surface area contributed by atoms with Crippen LogP contribution in [0.5, 0.6) is 0 Å². The van der Waals surface area contributed by atoms with E-state index >= 15 is 0 Å². The normalized spacial score (nSPS) is 11.6. The zero-order valence-electron chi connectivity index (χ0n) is 7.55. The van der Waals surface area contributed by atoms with E-state index in [1.54, 1.807) is 0 Å². The predicted molar refractivity (Wildman–Crippen MR) is 58.0 cm³/mol. The molecule has 0 aromatic heterocycles. The van der Waals surface area contributed by atoms with Crippen LogP contribution in [0.3, 0.4) is 0 Å². The fourth-order valence-electron chi connectivity index (χ4n) is 0.952. The molecule has 0 aliphatic rings. The topological polar surface area (TPSA) is 0 Å². The molecule has 0 aliphatic carbocycles. The van der Waals surface area contributed by atoms with Crippen molar-refractivity contribution in [3.8, 4) is 0 Å². The van der Waals surface area contributed by atoms with Crippen LogP contribution in [0, 0.1) is 0 Å². The Bertz CT molecular complexity index is 259. The summed E-state index contributed by atoms with van der Waals surface area (Å²) in [4.78, 5) is 0. The van der Waals surface area contributed by atoms with Crippen LogP contribution >= 0.6 is 23.4 Å². The highest BCUT2D eigenvalue weighted by atomic mass is 35.5. The first-order chi connectivity index (χ1) is 6.58. The van der Waals surface area contributed by atoms with Gasteiger partial charge in [0.05, 0.1) is 0 Å². The molecule has 0 bridgehead atoms. The summed E-state index contributed by atoms with van der Waals surface area (Å²) in [5, 5.41) is -3.05. The Hall–Kier alpha value is -0.280. The van der Waals surface area contributed by atoms with Crippen LogP contribution < -0.4 is 0 Å². The van der Waals surface area contributed by atoms with Gasteiger partial charge in [-0.15, -0.1) is 0 Å². The summed E-state index contributed by atoms with van der Waals surface area (Å²) >= 11 is 6.24. The number of hydrogen-bond donors (Lipinski definition) is 0. The van der Waals surface area contributed by atoms with E-state index in [0.717, 1.165) is 11.3 Å². The minimum Gasteiger partial charge on any atom is -0.188 e. The summed E-state index contributed by atoms with van der Waals surface area (Å²) in [7, 11) is 0. The average molecular weight is 237 g/mol. The number of benzene rings is 1. The van der Waals surface area contributed by atoms with Crippen molar-refractivity contribution in [2.45, 2.75) is 17.6 Å². The van der Waals surface area contributed by atoms with Gasteiger partial charge in [-0.05, 0) is 17.2 Å². The van der Waals surface area contributed by atoms with Crippen LogP contribution in [0.2, 0.25) is 0 Å². The summed E-state index contributed by atoms with van der Waals surface area (Å²) < 4.78 is 24.4. The molecule has 4 heteroatoms. The monoisotopic (exact) mass is 236 g/mol. The smallest absolute Gasteiger partial charge is 0.188 e. The van der Waals surface area contributed by atoms with Gasteiger partial charge in [-0.2, -0.15) is 20.5 Å². The summed E-state index contributed by atoms with van der Waals surface area (Å²) in [5.41, 5.74) is 1.15. The zero-order valence-corrected chi connectivity index (χ0v) is 9.12. The maximum atomic E-state index is 12.2. The van der Waals surface area contributed by atoms with Gasteiger partial charge in [-0.25, -0.2) is 0 Å². The van der Waals surface area contributed by atoms with E-state index in [0.29, 0.717) is 5.75 Å². The third kappa shape index (κ3) is 5.45. The van der Waals surface area contributed by atoms with Crippen molar-refractivity contribution >= 4 is 23.4 Å². The second-order valence-electron chi connectivity index (χ2n) is 2.90. The number of alkyl halides is 3. The van der Waals surface area contributed by atoms with Gasteiger partial charge in [0.2, 0.25) is 0 Å². The van der Waals surface area contributed by atoms with Crippen molar-refractivity contribution in [3.05, 3.63) is 35.9 Å². The fourth-order valence-corrected chi connectivity index (χ4v) is 2.13. The van der Waals surface area contributed by atoms with Crippen LogP contribution in [0.1, 0.15) is 12.0 Å². The maximum absolute atomic E-state index is 12.2. The third-order valence-electron chi connectivity index (χ3n) is 1.64. The minimum absolute atomic E-state index is 0.272. The van der Waals surface area contributed by atoms with Gasteiger partial charge in [0.25, 0.3) is 0 Å². The van der Waals surface area contributed by atoms with E-state index in [4.69, 9.17) is 11.6 Å². The Morgan fingerprint density at radius 1 is 1.21 bits per heavy atom. The molecule has 1 rings (SSSR count). The van der Waals surface area contributed by atoms with Gasteiger partial charge in [0.15, 0.2) is 0 Å². The lowest BCUT2D eigenvalue weighted by Gasteiger charge is -2.06. The molecule has 1 aromatic rings. The first-order valence-electron chi connectivity index (χ1n) is 4.26. The Balaban J connectivity index is 2.17. The van der Waals surface area contributed by atoms with E-state index in [1.807, 2.05) is 30.3 Å². The summed E-state index contributed by atoms with van der Waals surface area (Å²) in [5.74, 6) is 1.14. The molecule has 78 valence electrons. The molecule has 0 unspecified atom stereocenters. The molecule has 14 heavy (non-hydrogen) atoms. The first kappa shape index (κ1) is 11.8. The fraction of sp³-hybridized carbons (Fsp3) is 0.400. The molecule has 0 N–H and O–H groups in total. The van der Waals surface area contributed by atoms with Gasteiger partial charge in [0, 0.05) is 17.9 Å². The molecule has 0 heterocycles. The van der Waals surface area contributed by atoms with Crippen LogP contribution in [-0.2, 0) is 5.75 Å². The average Bonchev–Trinajstić information content (AvgIpc) is 2.13. The number of thioether (sulfide) groups is 1. The van der Waals surface area contributed by atoms with Gasteiger partial charge in [0.1, 0.15) is 0 Å². The second kappa shape index (κ2) is 5.56. The van der Waals surface area contributed by atoms with Crippen LogP contribution in [-0.4, -0.2) is 11.1 Å². The lowest BCUT2D eigenvalue weighted by Crippen LogP contribution is -2.06. The molecular weight excluding hydrogens is 226 g/mol. The van der Waals surface area contributed by atoms with Crippen LogP contribution in [0.15, 0.2) is 30.3 Å². The van der Waals surface area contributed by atoms with Gasteiger partial charge in [-0.1, -0.05) is 30.3 Å². The number of rotatable bonds is 5. The predicted octanol–water partition coefficient (Wildman–Crippen LogP) is 4.14. The molecule has 0 saturated heterocycles. The highest BCUT2D eigenvalue weighted by Crippen LogP contribution is 2.26. The van der Waals surface area contributed by atoms with Crippen molar-refractivity contribution in [1.82, 2.24) is 0 Å². The number of hydrogen-bond acceptors (Lipinski definition) is 1. The summed E-state index contributed by atoms with van der Waals surface area (Å²) in [6, 6.07) is 9.76. The number of halogens is 3. The van der Waals surface area contributed by atoms with Crippen molar-refractivity contribution in [3.63, 3.8) is 0 Å². The largest absolute Gasteiger partial charge is 0.322 e. The van der Waals surface area contributed by atoms with Crippen molar-refractivity contribution in [1.29, 1.82) is 0 Å². The third-order valence-corrected chi connectivity index (χ3v) is 2.86. The molecule has 0 radical (unpaired) electrons. The van der Waals surface area contributed by atoms with Gasteiger partial charge in [-0.3, -0.25) is 0 Å². The lowest BCUT2D eigenvalue weighted by atomic mass is 10.2. The molecule has 0 saturated carbocycles. The van der Waals surface area contributed by atoms with Gasteiger partial charge < -0.3 is 0 Å². The second-order valence-corrected chi connectivity index (χ2v) is 4.56. The quantitative estimate of drug-likeness (QED) is 0.547. The van der Waals surface area contributed by atoms with Crippen LogP contribution in [0.25, 0.3) is 0 Å². The lowest BCUT2D eigenvalue weighted by molar-refractivity contribution is 0.0935. The molecule has 0 nitrogen and oxygen atoms in total. The molecule has 0 fully saturated rings. The molecule has 0 amide bonds. The highest BCUT2D eigenvalue weighted by molar-refractivity contribution is 7.98. The van der Waals surface area contributed by atoms with Crippen LogP contribution in [0.4, 0.5) is 8.78 Å². The Morgan fingerprint density at radius 3 is 2.43 bits per heavy atom.